The van der Waals surface area contributed by atoms with Crippen LogP contribution in [0.3, 0.4) is 0 Å². The summed E-state index contributed by atoms with van der Waals surface area (Å²) >= 11 is 0. The zero-order valence-electron chi connectivity index (χ0n) is 21.0. The molecule has 1 N–H and O–H groups in total. The van der Waals surface area contributed by atoms with Gasteiger partial charge in [0.2, 0.25) is 0 Å². The number of aromatic carboxylic acids is 1. The van der Waals surface area contributed by atoms with Crippen LogP contribution in [0.2, 0.25) is 0 Å². The van der Waals surface area contributed by atoms with E-state index in [1.54, 1.807) is 24.3 Å². The summed E-state index contributed by atoms with van der Waals surface area (Å²) in [6.45, 7) is 8.78. The summed E-state index contributed by atoms with van der Waals surface area (Å²) in [5.41, 5.74) is 1.50. The second-order valence-electron chi connectivity index (χ2n) is 9.02. The van der Waals surface area contributed by atoms with Gasteiger partial charge in [-0.2, -0.15) is 0 Å². The molecule has 36 heavy (non-hydrogen) atoms. The number of benzene rings is 2. The first-order valence-corrected chi connectivity index (χ1v) is 13.6. The summed E-state index contributed by atoms with van der Waals surface area (Å²) in [6, 6.07) is 11.9. The lowest BCUT2D eigenvalue weighted by molar-refractivity contribution is 0.0584. The number of carbonyl (C=O) groups is 1. The molecule has 1 aliphatic heterocycles. The first-order chi connectivity index (χ1) is 17.2. The van der Waals surface area contributed by atoms with Gasteiger partial charge in [-0.15, -0.1) is 0 Å². The van der Waals surface area contributed by atoms with E-state index in [0.717, 1.165) is 26.1 Å². The summed E-state index contributed by atoms with van der Waals surface area (Å²) in [7, 11) is -2.53. The Kier molecular flexibility index (Phi) is 7.15. The number of anilines is 1. The normalized spacial score (nSPS) is 17.8. The number of hydrogen-bond donors (Lipinski definition) is 1. The second-order valence-corrected chi connectivity index (χ2v) is 11.0. The van der Waals surface area contributed by atoms with Crippen LogP contribution in [0.4, 0.5) is 5.69 Å². The molecule has 2 aromatic carbocycles. The van der Waals surface area contributed by atoms with Gasteiger partial charge in [-0.1, -0.05) is 38.1 Å². The number of ether oxygens (including phenoxy) is 1. The number of para-hydroxylation sites is 1. The van der Waals surface area contributed by atoms with Gasteiger partial charge in [0.05, 0.1) is 41.6 Å². The quantitative estimate of drug-likeness (QED) is 0.410. The van der Waals surface area contributed by atoms with Crippen molar-refractivity contribution in [2.24, 2.45) is 0 Å². The SMILES string of the molecule is CCN(CC)C1(C)CCN1c1ccccc1S(=O)(=O)Cc1ccc(-c2ccoc2)c(OC)c1C(=O)O. The number of sulfone groups is 1. The highest BCUT2D eigenvalue weighted by Crippen LogP contribution is 2.42. The Morgan fingerprint density at radius 1 is 1.17 bits per heavy atom. The summed E-state index contributed by atoms with van der Waals surface area (Å²) < 4.78 is 38.2. The van der Waals surface area contributed by atoms with Gasteiger partial charge in [0.15, 0.2) is 9.84 Å². The Bertz CT molecular complexity index is 1350. The summed E-state index contributed by atoms with van der Waals surface area (Å²) in [4.78, 5) is 16.9. The predicted octanol–water partition coefficient (Wildman–Crippen LogP) is 4.90. The van der Waals surface area contributed by atoms with E-state index in [-0.39, 0.29) is 27.4 Å². The van der Waals surface area contributed by atoms with Crippen LogP contribution in [0.15, 0.2) is 64.3 Å². The fraction of sp³-hybridized carbons (Fsp3) is 0.370. The van der Waals surface area contributed by atoms with E-state index < -0.39 is 21.6 Å². The third-order valence-corrected chi connectivity index (χ3v) is 8.87. The molecule has 1 unspecified atom stereocenters. The number of rotatable bonds is 10. The number of carboxylic acids is 1. The fourth-order valence-electron chi connectivity index (χ4n) is 5.22. The highest BCUT2D eigenvalue weighted by atomic mass is 32.2. The van der Waals surface area contributed by atoms with E-state index in [9.17, 15) is 18.3 Å². The molecule has 2 heterocycles. The van der Waals surface area contributed by atoms with Crippen LogP contribution in [-0.4, -0.2) is 56.8 Å². The van der Waals surface area contributed by atoms with E-state index in [4.69, 9.17) is 9.15 Å². The largest absolute Gasteiger partial charge is 0.495 e. The minimum absolute atomic E-state index is 0.0988. The van der Waals surface area contributed by atoms with Crippen LogP contribution in [0.1, 0.15) is 43.1 Å². The second kappa shape index (κ2) is 9.99. The van der Waals surface area contributed by atoms with Gasteiger partial charge in [-0.05, 0) is 43.8 Å². The molecule has 0 radical (unpaired) electrons. The minimum atomic E-state index is -3.90. The smallest absolute Gasteiger partial charge is 0.339 e. The van der Waals surface area contributed by atoms with E-state index in [1.807, 2.05) is 12.1 Å². The van der Waals surface area contributed by atoms with Crippen LogP contribution >= 0.6 is 0 Å². The zero-order valence-corrected chi connectivity index (χ0v) is 21.8. The van der Waals surface area contributed by atoms with E-state index >= 15 is 0 Å². The molecule has 3 aromatic rings. The molecule has 0 amide bonds. The monoisotopic (exact) mass is 512 g/mol. The van der Waals surface area contributed by atoms with Crippen LogP contribution in [0.5, 0.6) is 5.75 Å². The number of furan rings is 1. The maximum atomic E-state index is 13.8. The Morgan fingerprint density at radius 3 is 2.44 bits per heavy atom. The molecule has 0 aliphatic carbocycles. The fourth-order valence-corrected chi connectivity index (χ4v) is 6.81. The number of methoxy groups -OCH3 is 1. The van der Waals surface area contributed by atoms with Gasteiger partial charge in [-0.25, -0.2) is 13.2 Å². The summed E-state index contributed by atoms with van der Waals surface area (Å²) in [5.74, 6) is -1.63. The molecule has 8 nitrogen and oxygen atoms in total. The van der Waals surface area contributed by atoms with Crippen molar-refractivity contribution >= 4 is 21.5 Å². The molecule has 9 heteroatoms. The van der Waals surface area contributed by atoms with Crippen molar-refractivity contribution < 1.29 is 27.5 Å². The van der Waals surface area contributed by atoms with Gasteiger partial charge >= 0.3 is 5.97 Å². The maximum absolute atomic E-state index is 13.8. The van der Waals surface area contributed by atoms with Gasteiger partial charge < -0.3 is 19.2 Å². The zero-order chi connectivity index (χ0) is 26.1. The highest BCUT2D eigenvalue weighted by molar-refractivity contribution is 7.90. The van der Waals surface area contributed by atoms with Crippen LogP contribution in [0.25, 0.3) is 11.1 Å². The van der Waals surface area contributed by atoms with Crippen molar-refractivity contribution in [3.05, 3.63) is 66.1 Å². The Labute approximate surface area is 212 Å². The Balaban J connectivity index is 1.76. The minimum Gasteiger partial charge on any atom is -0.495 e. The summed E-state index contributed by atoms with van der Waals surface area (Å²) in [5, 5.41) is 10.0. The molecule has 0 saturated carbocycles. The average molecular weight is 513 g/mol. The van der Waals surface area contributed by atoms with Crippen molar-refractivity contribution in [2.45, 2.75) is 43.5 Å². The molecule has 0 bridgehead atoms. The molecular weight excluding hydrogens is 480 g/mol. The van der Waals surface area contributed by atoms with E-state index in [1.165, 1.54) is 25.7 Å². The van der Waals surface area contributed by atoms with Crippen LogP contribution in [0, 0.1) is 0 Å². The number of carboxylic acid groups (broad SMARTS) is 1. The number of hydrogen-bond acceptors (Lipinski definition) is 7. The molecule has 192 valence electrons. The van der Waals surface area contributed by atoms with Crippen LogP contribution in [-0.2, 0) is 15.6 Å². The number of nitrogens with zero attached hydrogens (tertiary/aromatic N) is 2. The average Bonchev–Trinajstić information content (AvgIpc) is 3.38. The van der Waals surface area contributed by atoms with E-state index in [0.29, 0.717) is 16.8 Å². The van der Waals surface area contributed by atoms with Gasteiger partial charge in [0.1, 0.15) is 11.3 Å². The third-order valence-electron chi connectivity index (χ3n) is 7.17. The van der Waals surface area contributed by atoms with Gasteiger partial charge in [0, 0.05) is 24.1 Å². The van der Waals surface area contributed by atoms with E-state index in [2.05, 4.69) is 30.6 Å². The van der Waals surface area contributed by atoms with Crippen molar-refractivity contribution in [1.29, 1.82) is 0 Å². The molecule has 1 atom stereocenters. The lowest BCUT2D eigenvalue weighted by Crippen LogP contribution is -2.68. The topological polar surface area (TPSA) is 100 Å². The third kappa shape index (κ3) is 4.37. The lowest BCUT2D eigenvalue weighted by atomic mass is 9.93. The maximum Gasteiger partial charge on any atom is 0.339 e. The molecule has 1 aliphatic rings. The summed E-state index contributed by atoms with van der Waals surface area (Å²) in [6.07, 6.45) is 3.89. The Hall–Kier alpha value is -3.30. The first-order valence-electron chi connectivity index (χ1n) is 12.0. The van der Waals surface area contributed by atoms with Crippen molar-refractivity contribution in [2.75, 3.05) is 31.6 Å². The highest BCUT2D eigenvalue weighted by Gasteiger charge is 2.45. The van der Waals surface area contributed by atoms with Gasteiger partial charge in [0.25, 0.3) is 0 Å². The molecular formula is C27H32N2O6S. The Morgan fingerprint density at radius 2 is 1.89 bits per heavy atom. The lowest BCUT2D eigenvalue weighted by Gasteiger charge is -2.58. The first kappa shape index (κ1) is 25.8. The van der Waals surface area contributed by atoms with Crippen molar-refractivity contribution in [3.63, 3.8) is 0 Å². The van der Waals surface area contributed by atoms with Gasteiger partial charge in [-0.3, -0.25) is 4.90 Å². The molecule has 1 fully saturated rings. The standard InChI is InChI=1S/C27H32N2O6S/c1-5-28(6-2)27(3)14-15-29(27)22-9-7-8-10-23(22)36(32,33)18-20-11-12-21(19-13-16-35-17-19)25(34-4)24(20)26(30)31/h7-13,16-17H,5-6,14-15,18H2,1-4H3,(H,30,31). The molecule has 1 aromatic heterocycles. The van der Waals surface area contributed by atoms with Crippen molar-refractivity contribution in [3.8, 4) is 16.9 Å². The predicted molar refractivity (Wildman–Crippen MR) is 138 cm³/mol. The van der Waals surface area contributed by atoms with Crippen LogP contribution < -0.4 is 9.64 Å². The molecule has 1 saturated heterocycles. The molecule has 0 spiro atoms. The molecule has 4 rings (SSSR count). The van der Waals surface area contributed by atoms with Crippen molar-refractivity contribution in [1.82, 2.24) is 4.90 Å².